The summed E-state index contributed by atoms with van der Waals surface area (Å²) in [6.07, 6.45) is 11.2. The fraction of sp³-hybridized carbons (Fsp3) is 0.810. The summed E-state index contributed by atoms with van der Waals surface area (Å²) in [6.45, 7) is 14.6. The lowest BCUT2D eigenvalue weighted by Crippen LogP contribution is -2.51. The zero-order valence-corrected chi connectivity index (χ0v) is 15.6. The monoisotopic (exact) mass is 304 g/mol. The van der Waals surface area contributed by atoms with E-state index in [2.05, 4.69) is 47.6 Å². The van der Waals surface area contributed by atoms with Gasteiger partial charge in [-0.1, -0.05) is 57.4 Å². The number of fused-ring (bicyclic) bond motifs is 1. The summed E-state index contributed by atoms with van der Waals surface area (Å²) in [4.78, 5) is 0. The molecule has 0 aromatic rings. The van der Waals surface area contributed by atoms with Gasteiger partial charge in [0.15, 0.2) is 0 Å². The highest BCUT2D eigenvalue weighted by Gasteiger charge is 2.53. The molecule has 4 atom stereocenters. The third kappa shape index (κ3) is 3.20. The fourth-order valence-electron chi connectivity index (χ4n) is 6.13. The molecule has 126 valence electrons. The summed E-state index contributed by atoms with van der Waals surface area (Å²) in [5.74, 6) is 2.31. The summed E-state index contributed by atoms with van der Waals surface area (Å²) in [5, 5.41) is 9.11. The van der Waals surface area contributed by atoms with Crippen molar-refractivity contribution in [1.29, 1.82) is 0 Å². The molecule has 0 aliphatic heterocycles. The third-order valence-corrected chi connectivity index (χ3v) is 6.83. The van der Waals surface area contributed by atoms with Crippen LogP contribution in [0.5, 0.6) is 0 Å². The van der Waals surface area contributed by atoms with E-state index in [4.69, 9.17) is 5.11 Å². The summed E-state index contributed by atoms with van der Waals surface area (Å²) < 4.78 is 0. The van der Waals surface area contributed by atoms with Gasteiger partial charge in [-0.25, -0.2) is 0 Å². The van der Waals surface area contributed by atoms with E-state index in [1.165, 1.54) is 43.3 Å². The molecule has 2 rings (SSSR count). The molecule has 22 heavy (non-hydrogen) atoms. The van der Waals surface area contributed by atoms with Gasteiger partial charge in [0.2, 0.25) is 0 Å². The standard InChI is InChI=1S/C21H36O/c1-15(10-13-22)14-17(3)19-16(2)8-9-18-20(4,5)11-7-12-21(18,19)6/h10,14,16,18-19,22H,7-9,11-13H2,1-6H3/b15-10+,17-14+. The van der Waals surface area contributed by atoms with Gasteiger partial charge in [0.25, 0.3) is 0 Å². The minimum Gasteiger partial charge on any atom is -0.392 e. The molecule has 0 aromatic carbocycles. The van der Waals surface area contributed by atoms with Gasteiger partial charge in [-0.3, -0.25) is 0 Å². The van der Waals surface area contributed by atoms with Crippen molar-refractivity contribution in [3.05, 3.63) is 23.3 Å². The second kappa shape index (κ2) is 6.51. The predicted octanol–water partition coefficient (Wildman–Crippen LogP) is 5.75. The number of allylic oxidation sites excluding steroid dienone is 3. The third-order valence-electron chi connectivity index (χ3n) is 6.83. The van der Waals surface area contributed by atoms with Crippen molar-refractivity contribution in [2.75, 3.05) is 6.61 Å². The van der Waals surface area contributed by atoms with Crippen LogP contribution in [0.4, 0.5) is 0 Å². The minimum atomic E-state index is 0.142. The van der Waals surface area contributed by atoms with Crippen LogP contribution in [-0.2, 0) is 0 Å². The average molecular weight is 305 g/mol. The van der Waals surface area contributed by atoms with Crippen molar-refractivity contribution in [2.24, 2.45) is 28.6 Å². The molecular formula is C21H36O. The van der Waals surface area contributed by atoms with Crippen LogP contribution >= 0.6 is 0 Å². The van der Waals surface area contributed by atoms with Crippen LogP contribution in [0.2, 0.25) is 0 Å². The molecule has 0 amide bonds. The van der Waals surface area contributed by atoms with Gasteiger partial charge in [-0.2, -0.15) is 0 Å². The van der Waals surface area contributed by atoms with Gasteiger partial charge in [-0.05, 0) is 68.1 Å². The van der Waals surface area contributed by atoms with Gasteiger partial charge in [0.05, 0.1) is 6.61 Å². The predicted molar refractivity (Wildman–Crippen MR) is 95.7 cm³/mol. The summed E-state index contributed by atoms with van der Waals surface area (Å²) in [5.41, 5.74) is 3.66. The van der Waals surface area contributed by atoms with Crippen LogP contribution in [0.25, 0.3) is 0 Å². The average Bonchev–Trinajstić information content (AvgIpc) is 2.36. The second-order valence-electron chi connectivity index (χ2n) is 8.95. The Bertz CT molecular complexity index is 457. The molecule has 0 heterocycles. The Balaban J connectivity index is 2.37. The normalized spacial score (nSPS) is 39.5. The van der Waals surface area contributed by atoms with Gasteiger partial charge >= 0.3 is 0 Å². The molecular weight excluding hydrogens is 268 g/mol. The van der Waals surface area contributed by atoms with E-state index in [1.54, 1.807) is 0 Å². The van der Waals surface area contributed by atoms with Crippen LogP contribution in [0.3, 0.4) is 0 Å². The lowest BCUT2D eigenvalue weighted by molar-refractivity contribution is -0.0804. The fourth-order valence-corrected chi connectivity index (χ4v) is 6.13. The van der Waals surface area contributed by atoms with Gasteiger partial charge in [-0.15, -0.1) is 0 Å². The van der Waals surface area contributed by atoms with Crippen LogP contribution in [-0.4, -0.2) is 11.7 Å². The van der Waals surface area contributed by atoms with Crippen molar-refractivity contribution in [2.45, 2.75) is 73.6 Å². The quantitative estimate of drug-likeness (QED) is 0.658. The van der Waals surface area contributed by atoms with E-state index in [9.17, 15) is 0 Å². The highest BCUT2D eigenvalue weighted by molar-refractivity contribution is 5.25. The largest absolute Gasteiger partial charge is 0.392 e. The Labute approximate surface area is 137 Å². The van der Waals surface area contributed by atoms with E-state index in [1.807, 2.05) is 6.08 Å². The smallest absolute Gasteiger partial charge is 0.0617 e. The van der Waals surface area contributed by atoms with Crippen molar-refractivity contribution >= 4 is 0 Å². The molecule has 0 saturated heterocycles. The van der Waals surface area contributed by atoms with E-state index in [0.29, 0.717) is 16.7 Å². The molecule has 1 nitrogen and oxygen atoms in total. The van der Waals surface area contributed by atoms with Crippen LogP contribution in [0.1, 0.15) is 73.6 Å². The van der Waals surface area contributed by atoms with Crippen molar-refractivity contribution in [1.82, 2.24) is 0 Å². The van der Waals surface area contributed by atoms with Gasteiger partial charge in [0, 0.05) is 0 Å². The summed E-state index contributed by atoms with van der Waals surface area (Å²) >= 11 is 0. The van der Waals surface area contributed by atoms with Crippen LogP contribution < -0.4 is 0 Å². The molecule has 0 aromatic heterocycles. The highest BCUT2D eigenvalue weighted by atomic mass is 16.2. The van der Waals surface area contributed by atoms with Crippen molar-refractivity contribution in [3.63, 3.8) is 0 Å². The maximum atomic E-state index is 9.11. The van der Waals surface area contributed by atoms with Crippen LogP contribution in [0, 0.1) is 28.6 Å². The molecule has 0 radical (unpaired) electrons. The number of aliphatic hydroxyl groups is 1. The lowest BCUT2D eigenvalue weighted by atomic mass is 9.45. The number of hydrogen-bond donors (Lipinski definition) is 1. The first-order chi connectivity index (χ1) is 10.2. The molecule has 0 bridgehead atoms. The first-order valence-electron chi connectivity index (χ1n) is 9.18. The summed E-state index contributed by atoms with van der Waals surface area (Å²) in [7, 11) is 0. The molecule has 0 spiro atoms. The minimum absolute atomic E-state index is 0.142. The maximum Gasteiger partial charge on any atom is 0.0617 e. The Morgan fingerprint density at radius 1 is 1.14 bits per heavy atom. The van der Waals surface area contributed by atoms with Gasteiger partial charge in [0.1, 0.15) is 0 Å². The Morgan fingerprint density at radius 2 is 1.82 bits per heavy atom. The van der Waals surface area contributed by atoms with E-state index in [0.717, 1.165) is 11.8 Å². The molecule has 2 saturated carbocycles. The molecule has 2 fully saturated rings. The number of aliphatic hydroxyl groups excluding tert-OH is 1. The van der Waals surface area contributed by atoms with E-state index in [-0.39, 0.29) is 6.61 Å². The second-order valence-corrected chi connectivity index (χ2v) is 8.95. The Morgan fingerprint density at radius 3 is 2.45 bits per heavy atom. The number of hydrogen-bond acceptors (Lipinski definition) is 1. The summed E-state index contributed by atoms with van der Waals surface area (Å²) in [6, 6.07) is 0. The molecule has 1 N–H and O–H groups in total. The van der Waals surface area contributed by atoms with Crippen molar-refractivity contribution < 1.29 is 5.11 Å². The Kier molecular flexibility index (Phi) is 5.27. The first kappa shape index (κ1) is 17.8. The molecule has 2 aliphatic carbocycles. The Hall–Kier alpha value is -0.560. The lowest BCUT2D eigenvalue weighted by Gasteiger charge is -2.59. The first-order valence-corrected chi connectivity index (χ1v) is 9.18. The molecule has 1 heteroatoms. The molecule has 4 unspecified atom stereocenters. The molecule has 2 aliphatic rings. The van der Waals surface area contributed by atoms with E-state index >= 15 is 0 Å². The highest BCUT2D eigenvalue weighted by Crippen LogP contribution is 2.62. The zero-order valence-electron chi connectivity index (χ0n) is 15.6. The van der Waals surface area contributed by atoms with Crippen molar-refractivity contribution in [3.8, 4) is 0 Å². The van der Waals surface area contributed by atoms with Gasteiger partial charge < -0.3 is 5.11 Å². The zero-order chi connectivity index (χ0) is 16.5. The SMILES string of the molecule is CC(=C\CO)/C=C(\C)C1C(C)CCC2C(C)(C)CCCC12C. The topological polar surface area (TPSA) is 20.2 Å². The van der Waals surface area contributed by atoms with E-state index < -0.39 is 0 Å². The number of rotatable bonds is 3. The van der Waals surface area contributed by atoms with Crippen LogP contribution in [0.15, 0.2) is 23.3 Å². The maximum absolute atomic E-state index is 9.11.